The van der Waals surface area contributed by atoms with Crippen LogP contribution < -0.4 is 10.1 Å². The topological polar surface area (TPSA) is 71.5 Å². The molecule has 1 aliphatic rings. The van der Waals surface area contributed by atoms with Gasteiger partial charge in [-0.1, -0.05) is 11.6 Å². The number of piperidine rings is 1. The van der Waals surface area contributed by atoms with Gasteiger partial charge >= 0.3 is 6.09 Å². The first-order valence-electron chi connectivity index (χ1n) is 8.88. The van der Waals surface area contributed by atoms with Gasteiger partial charge in [-0.2, -0.15) is 0 Å². The number of amides is 2. The van der Waals surface area contributed by atoms with Crippen molar-refractivity contribution in [3.63, 3.8) is 0 Å². The van der Waals surface area contributed by atoms with Crippen molar-refractivity contribution in [2.45, 2.75) is 32.7 Å². The lowest BCUT2D eigenvalue weighted by molar-refractivity contribution is 0.0899. The monoisotopic (exact) mass is 407 g/mol. The highest BCUT2D eigenvalue weighted by Gasteiger charge is 2.28. The number of aryl methyl sites for hydroxylation is 1. The number of carbonyl (C=O) groups is 2. The Labute approximate surface area is 167 Å². The molecule has 1 atom stereocenters. The number of rotatable bonds is 4. The molecule has 1 fully saturated rings. The van der Waals surface area contributed by atoms with E-state index in [1.165, 1.54) is 11.3 Å². The lowest BCUT2D eigenvalue weighted by atomic mass is 9.90. The number of hydrogen-bond acceptors (Lipinski definition) is 5. The number of nitrogens with zero attached hydrogens (tertiary/aromatic N) is 2. The number of hydrogen-bond donors (Lipinski definition) is 1. The van der Waals surface area contributed by atoms with Crippen LogP contribution in [0.3, 0.4) is 0 Å². The van der Waals surface area contributed by atoms with Gasteiger partial charge in [0, 0.05) is 25.3 Å². The van der Waals surface area contributed by atoms with Crippen LogP contribution in [-0.2, 0) is 0 Å². The van der Waals surface area contributed by atoms with Crippen LogP contribution in [0.2, 0.25) is 4.34 Å². The Hall–Kier alpha value is -2.12. The summed E-state index contributed by atoms with van der Waals surface area (Å²) in [5.74, 6) is 0.696. The van der Waals surface area contributed by atoms with E-state index in [1.54, 1.807) is 42.3 Å². The molecular weight excluding hydrogens is 386 g/mol. The Morgan fingerprint density at radius 3 is 2.70 bits per heavy atom. The molecule has 8 heteroatoms. The maximum absolute atomic E-state index is 12.4. The molecule has 0 unspecified atom stereocenters. The van der Waals surface area contributed by atoms with Crippen LogP contribution in [-0.4, -0.2) is 41.0 Å². The highest BCUT2D eigenvalue weighted by molar-refractivity contribution is 7.18. The van der Waals surface area contributed by atoms with Gasteiger partial charge in [0.25, 0.3) is 5.91 Å². The van der Waals surface area contributed by atoms with Crippen LogP contribution in [0.1, 0.15) is 35.1 Å². The smallest absolute Gasteiger partial charge is 0.408 e. The predicted molar refractivity (Wildman–Crippen MR) is 106 cm³/mol. The van der Waals surface area contributed by atoms with Gasteiger partial charge < -0.3 is 15.0 Å². The number of aromatic nitrogens is 1. The summed E-state index contributed by atoms with van der Waals surface area (Å²) in [6.07, 6.45) is 2.94. The van der Waals surface area contributed by atoms with Crippen molar-refractivity contribution >= 4 is 34.9 Å². The largest absolute Gasteiger partial charge is 0.415 e. The molecule has 1 saturated heterocycles. The van der Waals surface area contributed by atoms with Crippen molar-refractivity contribution in [2.75, 3.05) is 13.1 Å². The summed E-state index contributed by atoms with van der Waals surface area (Å²) in [5, 5.41) is 3.04. The zero-order valence-corrected chi connectivity index (χ0v) is 16.8. The van der Waals surface area contributed by atoms with E-state index >= 15 is 0 Å². The third-order valence-electron chi connectivity index (χ3n) is 4.82. The van der Waals surface area contributed by atoms with E-state index in [-0.39, 0.29) is 18.0 Å². The summed E-state index contributed by atoms with van der Waals surface area (Å²) in [4.78, 5) is 31.1. The van der Waals surface area contributed by atoms with Crippen LogP contribution in [0.15, 0.2) is 30.5 Å². The van der Waals surface area contributed by atoms with Crippen molar-refractivity contribution in [3.8, 4) is 5.75 Å². The van der Waals surface area contributed by atoms with Gasteiger partial charge in [-0.15, -0.1) is 11.3 Å². The van der Waals surface area contributed by atoms with Crippen LogP contribution >= 0.6 is 22.9 Å². The number of thiophene rings is 1. The minimum absolute atomic E-state index is 0.0251. The molecule has 0 radical (unpaired) electrons. The van der Waals surface area contributed by atoms with Gasteiger partial charge in [-0.05, 0) is 56.9 Å². The minimum Gasteiger partial charge on any atom is -0.408 e. The standard InChI is InChI=1S/C19H22ClN3O3S/c1-12(22-18(24)16-5-6-17(20)27-16)14-7-10-23(11-8-14)19(25)26-15-4-3-9-21-13(15)2/h3-6,9,12,14H,7-8,10-11H2,1-2H3,(H,22,24)/t12-/m1/s1. The fraction of sp³-hybridized carbons (Fsp3) is 0.421. The highest BCUT2D eigenvalue weighted by Crippen LogP contribution is 2.24. The number of halogens is 1. The molecule has 0 saturated carbocycles. The molecular formula is C19H22ClN3O3S. The average molecular weight is 408 g/mol. The van der Waals surface area contributed by atoms with E-state index in [1.807, 2.05) is 6.92 Å². The summed E-state index contributed by atoms with van der Waals surface area (Å²) in [5.41, 5.74) is 0.686. The lowest BCUT2D eigenvalue weighted by Gasteiger charge is -2.34. The minimum atomic E-state index is -0.352. The van der Waals surface area contributed by atoms with Crippen LogP contribution in [0.5, 0.6) is 5.75 Å². The molecule has 3 rings (SSSR count). The summed E-state index contributed by atoms with van der Waals surface area (Å²) in [6.45, 7) is 5.02. The Morgan fingerprint density at radius 1 is 1.33 bits per heavy atom. The Balaban J connectivity index is 1.48. The summed E-state index contributed by atoms with van der Waals surface area (Å²) in [7, 11) is 0. The van der Waals surface area contributed by atoms with Crippen molar-refractivity contribution < 1.29 is 14.3 Å². The van der Waals surface area contributed by atoms with Gasteiger partial charge in [0.15, 0.2) is 5.75 Å². The first kappa shape index (κ1) is 19.6. The summed E-state index contributed by atoms with van der Waals surface area (Å²) in [6, 6.07) is 6.96. The molecule has 2 amide bonds. The van der Waals surface area contributed by atoms with E-state index in [4.69, 9.17) is 16.3 Å². The van der Waals surface area contributed by atoms with Gasteiger partial charge in [0.2, 0.25) is 0 Å². The van der Waals surface area contributed by atoms with E-state index in [9.17, 15) is 9.59 Å². The van der Waals surface area contributed by atoms with Gasteiger partial charge in [-0.3, -0.25) is 9.78 Å². The van der Waals surface area contributed by atoms with Crippen molar-refractivity contribution in [1.29, 1.82) is 0 Å². The molecule has 0 bridgehead atoms. The average Bonchev–Trinajstić information content (AvgIpc) is 3.10. The van der Waals surface area contributed by atoms with Crippen LogP contribution in [0.4, 0.5) is 4.79 Å². The first-order chi connectivity index (χ1) is 12.9. The first-order valence-corrected chi connectivity index (χ1v) is 10.1. The number of carbonyl (C=O) groups excluding carboxylic acids is 2. The summed E-state index contributed by atoms with van der Waals surface area (Å²) < 4.78 is 6.05. The normalized spacial score (nSPS) is 16.0. The number of ether oxygens (including phenoxy) is 1. The predicted octanol–water partition coefficient (Wildman–Crippen LogP) is 4.13. The van der Waals surface area contributed by atoms with E-state index in [0.29, 0.717) is 39.7 Å². The van der Waals surface area contributed by atoms with Gasteiger partial charge in [0.05, 0.1) is 14.9 Å². The highest BCUT2D eigenvalue weighted by atomic mass is 35.5. The zero-order chi connectivity index (χ0) is 19.4. The number of nitrogens with one attached hydrogen (secondary N) is 1. The fourth-order valence-electron chi connectivity index (χ4n) is 3.15. The van der Waals surface area contributed by atoms with E-state index < -0.39 is 0 Å². The van der Waals surface area contributed by atoms with Crippen LogP contribution in [0, 0.1) is 12.8 Å². The van der Waals surface area contributed by atoms with E-state index in [2.05, 4.69) is 10.3 Å². The maximum atomic E-state index is 12.4. The maximum Gasteiger partial charge on any atom is 0.415 e. The molecule has 6 nitrogen and oxygen atoms in total. The molecule has 3 heterocycles. The lowest BCUT2D eigenvalue weighted by Crippen LogP contribution is -2.46. The van der Waals surface area contributed by atoms with Crippen molar-refractivity contribution in [1.82, 2.24) is 15.2 Å². The molecule has 2 aromatic heterocycles. The molecule has 27 heavy (non-hydrogen) atoms. The third-order valence-corrected chi connectivity index (χ3v) is 6.05. The summed E-state index contributed by atoms with van der Waals surface area (Å²) >= 11 is 7.16. The second-order valence-electron chi connectivity index (χ2n) is 6.65. The Morgan fingerprint density at radius 2 is 2.07 bits per heavy atom. The molecule has 2 aromatic rings. The fourth-order valence-corrected chi connectivity index (χ4v) is 4.10. The van der Waals surface area contributed by atoms with Crippen molar-refractivity contribution in [2.24, 2.45) is 5.92 Å². The Bertz CT molecular complexity index is 818. The second kappa shape index (κ2) is 8.71. The zero-order valence-electron chi connectivity index (χ0n) is 15.3. The quantitative estimate of drug-likeness (QED) is 0.826. The molecule has 144 valence electrons. The van der Waals surface area contributed by atoms with Gasteiger partial charge in [-0.25, -0.2) is 4.79 Å². The second-order valence-corrected chi connectivity index (χ2v) is 8.36. The third kappa shape index (κ3) is 4.99. The Kier molecular flexibility index (Phi) is 6.34. The molecule has 1 aliphatic heterocycles. The SMILES string of the molecule is Cc1ncccc1OC(=O)N1CCC([C@@H](C)NC(=O)c2ccc(Cl)s2)CC1. The van der Waals surface area contributed by atoms with Gasteiger partial charge in [0.1, 0.15) is 0 Å². The number of pyridine rings is 1. The molecule has 0 aliphatic carbocycles. The van der Waals surface area contributed by atoms with Crippen molar-refractivity contribution in [3.05, 3.63) is 45.4 Å². The van der Waals surface area contributed by atoms with Crippen LogP contribution in [0.25, 0.3) is 0 Å². The molecule has 1 N–H and O–H groups in total. The number of likely N-dealkylation sites (tertiary alicyclic amines) is 1. The molecule has 0 spiro atoms. The van der Waals surface area contributed by atoms with E-state index in [0.717, 1.165) is 12.8 Å². The molecule has 0 aromatic carbocycles.